The minimum absolute atomic E-state index is 0.0147. The van der Waals surface area contributed by atoms with Crippen LogP contribution in [-0.4, -0.2) is 16.5 Å². The van der Waals surface area contributed by atoms with Gasteiger partial charge >= 0.3 is 6.18 Å². The Kier molecular flexibility index (Phi) is 3.16. The Hall–Kier alpha value is -1.78. The lowest BCUT2D eigenvalue weighted by molar-refractivity contribution is -0.0884. The lowest BCUT2D eigenvalue weighted by Gasteiger charge is -2.09. The predicted molar refractivity (Wildman–Crippen MR) is 67.4 cm³/mol. The van der Waals surface area contributed by atoms with Gasteiger partial charge in [-0.15, -0.1) is 0 Å². The number of carbonyl (C=O) groups is 1. The highest BCUT2D eigenvalue weighted by atomic mass is 19.4. The highest BCUT2D eigenvalue weighted by Crippen LogP contribution is 2.30. The molecular weight excluding hydrogens is 255 g/mol. The molecule has 0 aliphatic heterocycles. The molecule has 1 aromatic carbocycles. The first kappa shape index (κ1) is 13.6. The van der Waals surface area contributed by atoms with Crippen molar-refractivity contribution in [3.05, 3.63) is 35.5 Å². The number of hydrogen-bond acceptors (Lipinski definition) is 1. The van der Waals surface area contributed by atoms with Gasteiger partial charge in [-0.05, 0) is 32.4 Å². The molecule has 19 heavy (non-hydrogen) atoms. The summed E-state index contributed by atoms with van der Waals surface area (Å²) < 4.78 is 39.5. The quantitative estimate of drug-likeness (QED) is 0.746. The van der Waals surface area contributed by atoms with Gasteiger partial charge in [-0.1, -0.05) is 12.1 Å². The van der Waals surface area contributed by atoms with Gasteiger partial charge in [0.2, 0.25) is 0 Å². The van der Waals surface area contributed by atoms with Crippen molar-refractivity contribution in [2.75, 3.05) is 0 Å². The van der Waals surface area contributed by atoms with E-state index in [1.807, 2.05) is 20.8 Å². The van der Waals surface area contributed by atoms with E-state index < -0.39 is 12.0 Å². The molecule has 102 valence electrons. The summed E-state index contributed by atoms with van der Waals surface area (Å²) in [6, 6.07) is 5.06. The summed E-state index contributed by atoms with van der Waals surface area (Å²) in [5.41, 5.74) is 1.32. The van der Waals surface area contributed by atoms with E-state index in [2.05, 4.69) is 0 Å². The second-order valence-electron chi connectivity index (χ2n) is 4.89. The van der Waals surface area contributed by atoms with Crippen LogP contribution in [0.3, 0.4) is 0 Å². The van der Waals surface area contributed by atoms with Gasteiger partial charge < -0.3 is 4.57 Å². The second-order valence-corrected chi connectivity index (χ2v) is 4.89. The number of rotatable bonds is 2. The second kappa shape index (κ2) is 4.40. The van der Waals surface area contributed by atoms with Gasteiger partial charge in [-0.3, -0.25) is 4.79 Å². The van der Waals surface area contributed by atoms with Crippen molar-refractivity contribution >= 4 is 16.7 Å². The number of alkyl halides is 3. The summed E-state index contributed by atoms with van der Waals surface area (Å²) in [6.45, 7) is 5.59. The van der Waals surface area contributed by atoms with E-state index in [9.17, 15) is 18.0 Å². The Morgan fingerprint density at radius 3 is 2.42 bits per heavy atom. The van der Waals surface area contributed by atoms with Crippen LogP contribution in [0.2, 0.25) is 0 Å². The Bertz CT molecular complexity index is 638. The molecule has 0 spiro atoms. The van der Waals surface area contributed by atoms with Crippen LogP contribution in [0, 0.1) is 6.92 Å². The van der Waals surface area contributed by atoms with E-state index in [1.54, 1.807) is 22.8 Å². The molecule has 0 radical (unpaired) electrons. The summed E-state index contributed by atoms with van der Waals surface area (Å²) in [6.07, 6.45) is -3.55. The van der Waals surface area contributed by atoms with Gasteiger partial charge in [0.15, 0.2) is 0 Å². The van der Waals surface area contributed by atoms with Crippen molar-refractivity contribution in [3.8, 4) is 0 Å². The Balaban J connectivity index is 2.73. The Morgan fingerprint density at radius 1 is 1.26 bits per heavy atom. The van der Waals surface area contributed by atoms with E-state index in [1.165, 1.54) is 6.20 Å². The molecular formula is C14H14F3NO. The highest BCUT2D eigenvalue weighted by molar-refractivity contribution is 6.10. The average Bonchev–Trinajstić information content (AvgIpc) is 2.65. The number of aryl methyl sites for hydroxylation is 1. The Morgan fingerprint density at radius 2 is 1.89 bits per heavy atom. The maximum Gasteiger partial charge on any atom is 0.454 e. The molecule has 0 bridgehead atoms. The fraction of sp³-hybridized carbons (Fsp3) is 0.357. The largest absolute Gasteiger partial charge is 0.454 e. The van der Waals surface area contributed by atoms with Crippen LogP contribution >= 0.6 is 0 Å². The zero-order valence-corrected chi connectivity index (χ0v) is 10.9. The number of ketones is 1. The molecule has 2 rings (SSSR count). The fourth-order valence-electron chi connectivity index (χ4n) is 2.12. The maximum absolute atomic E-state index is 12.6. The average molecular weight is 269 g/mol. The molecule has 2 nitrogen and oxygen atoms in total. The van der Waals surface area contributed by atoms with Crippen LogP contribution in [0.1, 0.15) is 35.8 Å². The molecule has 5 heteroatoms. The van der Waals surface area contributed by atoms with Crippen molar-refractivity contribution in [1.82, 2.24) is 4.57 Å². The number of fused-ring (bicyclic) bond motifs is 1. The third kappa shape index (κ3) is 2.37. The summed E-state index contributed by atoms with van der Waals surface area (Å²) in [4.78, 5) is 11.5. The van der Waals surface area contributed by atoms with Crippen LogP contribution in [0.25, 0.3) is 10.9 Å². The first-order chi connectivity index (χ1) is 8.71. The molecule has 1 heterocycles. The topological polar surface area (TPSA) is 22.0 Å². The fourth-order valence-corrected chi connectivity index (χ4v) is 2.12. The van der Waals surface area contributed by atoms with E-state index in [4.69, 9.17) is 0 Å². The summed E-state index contributed by atoms with van der Waals surface area (Å²) in [5.74, 6) is -1.79. The van der Waals surface area contributed by atoms with Crippen LogP contribution in [0.4, 0.5) is 13.2 Å². The minimum atomic E-state index is -4.85. The van der Waals surface area contributed by atoms with Crippen LogP contribution < -0.4 is 0 Å². The number of nitrogens with zero attached hydrogens (tertiary/aromatic N) is 1. The minimum Gasteiger partial charge on any atom is -0.344 e. The lowest BCUT2D eigenvalue weighted by Crippen LogP contribution is -2.22. The van der Waals surface area contributed by atoms with Crippen molar-refractivity contribution in [2.45, 2.75) is 33.0 Å². The molecule has 0 saturated heterocycles. The van der Waals surface area contributed by atoms with Gasteiger partial charge in [0.05, 0.1) is 5.56 Å². The maximum atomic E-state index is 12.6. The normalized spacial score (nSPS) is 12.4. The number of aromatic nitrogens is 1. The molecule has 0 fully saturated rings. The van der Waals surface area contributed by atoms with Crippen LogP contribution in [0.15, 0.2) is 24.4 Å². The third-order valence-electron chi connectivity index (χ3n) is 3.05. The smallest absolute Gasteiger partial charge is 0.344 e. The first-order valence-corrected chi connectivity index (χ1v) is 5.94. The van der Waals surface area contributed by atoms with Crippen molar-refractivity contribution < 1.29 is 18.0 Å². The zero-order chi connectivity index (χ0) is 14.4. The summed E-state index contributed by atoms with van der Waals surface area (Å²) in [7, 11) is 0. The van der Waals surface area contributed by atoms with E-state index in [-0.39, 0.29) is 11.6 Å². The van der Waals surface area contributed by atoms with Gasteiger partial charge in [0.25, 0.3) is 5.78 Å². The predicted octanol–water partition coefficient (Wildman–Crippen LogP) is 4.28. The van der Waals surface area contributed by atoms with Crippen molar-refractivity contribution in [2.24, 2.45) is 0 Å². The zero-order valence-electron chi connectivity index (χ0n) is 10.9. The van der Waals surface area contributed by atoms with Gasteiger partial charge in [-0.2, -0.15) is 13.2 Å². The van der Waals surface area contributed by atoms with E-state index in [0.717, 1.165) is 5.56 Å². The van der Waals surface area contributed by atoms with Gasteiger partial charge in [0.1, 0.15) is 0 Å². The van der Waals surface area contributed by atoms with Crippen molar-refractivity contribution in [3.63, 3.8) is 0 Å². The lowest BCUT2D eigenvalue weighted by atomic mass is 10.1. The van der Waals surface area contributed by atoms with Crippen LogP contribution in [0.5, 0.6) is 0 Å². The van der Waals surface area contributed by atoms with Crippen molar-refractivity contribution in [1.29, 1.82) is 0 Å². The summed E-state index contributed by atoms with van der Waals surface area (Å²) in [5, 5.41) is 0.349. The monoisotopic (exact) mass is 269 g/mol. The number of hydrogen-bond donors (Lipinski definition) is 0. The molecule has 0 amide bonds. The molecule has 0 unspecified atom stereocenters. The number of benzene rings is 1. The Labute approximate surface area is 108 Å². The number of Topliss-reactive ketones (excluding diaryl/α,β-unsaturated/α-hetero) is 1. The SMILES string of the molecule is Cc1ccc2c(C(=O)C(F)(F)F)cn(C(C)C)c2c1. The van der Waals surface area contributed by atoms with E-state index in [0.29, 0.717) is 10.9 Å². The number of halogens is 3. The number of carbonyl (C=O) groups excluding carboxylic acids is 1. The molecule has 0 aliphatic rings. The molecule has 0 atom stereocenters. The highest BCUT2D eigenvalue weighted by Gasteiger charge is 2.40. The van der Waals surface area contributed by atoms with Crippen LogP contribution in [-0.2, 0) is 0 Å². The van der Waals surface area contributed by atoms with E-state index >= 15 is 0 Å². The van der Waals surface area contributed by atoms with Gasteiger partial charge in [-0.25, -0.2) is 0 Å². The molecule has 2 aromatic rings. The molecule has 1 aromatic heterocycles. The molecule has 0 N–H and O–H groups in total. The van der Waals surface area contributed by atoms with Gasteiger partial charge in [0, 0.05) is 23.1 Å². The third-order valence-corrected chi connectivity index (χ3v) is 3.05. The standard InChI is InChI=1S/C14H14F3NO/c1-8(2)18-7-11(13(19)14(15,16)17)10-5-4-9(3)6-12(10)18/h4-8H,1-3H3. The molecule has 0 saturated carbocycles. The molecule has 0 aliphatic carbocycles. The first-order valence-electron chi connectivity index (χ1n) is 5.94. The summed E-state index contributed by atoms with van der Waals surface area (Å²) >= 11 is 0.